The Labute approximate surface area is 186 Å². The van der Waals surface area contributed by atoms with E-state index >= 15 is 0 Å². The fourth-order valence-corrected chi connectivity index (χ4v) is 3.47. The van der Waals surface area contributed by atoms with Gasteiger partial charge in [-0.15, -0.1) is 0 Å². The van der Waals surface area contributed by atoms with Gasteiger partial charge < -0.3 is 10.1 Å². The zero-order valence-corrected chi connectivity index (χ0v) is 17.7. The molecule has 4 aromatic rings. The number of hydrogen-bond donors (Lipinski definition) is 1. The summed E-state index contributed by atoms with van der Waals surface area (Å²) in [5.74, 6) is -0.115. The molecule has 3 aromatic carbocycles. The highest BCUT2D eigenvalue weighted by atomic mass is 16.5. The third-order valence-electron chi connectivity index (χ3n) is 5.17. The van der Waals surface area contributed by atoms with Gasteiger partial charge in [0.15, 0.2) is 0 Å². The summed E-state index contributed by atoms with van der Waals surface area (Å²) in [4.78, 5) is 29.1. The standard InChI is InChI=1S/C26H25N3O3/c30-25(13-14-29-19-28-24-12-5-4-11-23(24)26(29)31)27-16-21-9-6-10-22(15-21)18-32-17-20-7-2-1-3-8-20/h1-12,15,19H,13-14,16-18H2,(H,27,30). The minimum Gasteiger partial charge on any atom is -0.372 e. The van der Waals surface area contributed by atoms with Crippen molar-refractivity contribution in [2.75, 3.05) is 0 Å². The first kappa shape index (κ1) is 21.5. The van der Waals surface area contributed by atoms with Crippen LogP contribution in [0.1, 0.15) is 23.1 Å². The van der Waals surface area contributed by atoms with Gasteiger partial charge in [-0.1, -0.05) is 66.7 Å². The fraction of sp³-hybridized carbons (Fsp3) is 0.192. The minimum absolute atomic E-state index is 0.115. The second kappa shape index (κ2) is 10.5. The van der Waals surface area contributed by atoms with Crippen molar-refractivity contribution in [2.24, 2.45) is 0 Å². The predicted molar refractivity (Wildman–Crippen MR) is 124 cm³/mol. The lowest BCUT2D eigenvalue weighted by molar-refractivity contribution is -0.121. The van der Waals surface area contributed by atoms with E-state index < -0.39 is 0 Å². The van der Waals surface area contributed by atoms with Gasteiger partial charge in [-0.2, -0.15) is 0 Å². The quantitative estimate of drug-likeness (QED) is 0.441. The lowest BCUT2D eigenvalue weighted by atomic mass is 10.1. The van der Waals surface area contributed by atoms with Gasteiger partial charge in [0.25, 0.3) is 5.56 Å². The molecule has 6 nitrogen and oxygen atoms in total. The summed E-state index contributed by atoms with van der Waals surface area (Å²) in [7, 11) is 0. The molecule has 0 spiro atoms. The summed E-state index contributed by atoms with van der Waals surface area (Å²) in [6, 6.07) is 25.2. The first-order chi connectivity index (χ1) is 15.7. The van der Waals surface area contributed by atoms with Crippen LogP contribution in [-0.4, -0.2) is 15.5 Å². The van der Waals surface area contributed by atoms with E-state index in [9.17, 15) is 9.59 Å². The van der Waals surface area contributed by atoms with Gasteiger partial charge in [-0.3, -0.25) is 14.2 Å². The predicted octanol–water partition coefficient (Wildman–Crippen LogP) is 3.82. The normalized spacial score (nSPS) is 10.9. The highest BCUT2D eigenvalue weighted by Gasteiger charge is 2.07. The van der Waals surface area contributed by atoms with Gasteiger partial charge in [-0.25, -0.2) is 4.98 Å². The van der Waals surface area contributed by atoms with E-state index in [4.69, 9.17) is 4.74 Å². The zero-order valence-electron chi connectivity index (χ0n) is 17.7. The van der Waals surface area contributed by atoms with E-state index in [0.29, 0.717) is 30.7 Å². The van der Waals surface area contributed by atoms with Crippen LogP contribution in [0.5, 0.6) is 0 Å². The Balaban J connectivity index is 1.25. The van der Waals surface area contributed by atoms with Crippen molar-refractivity contribution in [2.45, 2.75) is 32.7 Å². The van der Waals surface area contributed by atoms with E-state index in [2.05, 4.69) is 10.3 Å². The molecular formula is C26H25N3O3. The molecule has 0 saturated heterocycles. The van der Waals surface area contributed by atoms with Crippen LogP contribution in [0, 0.1) is 0 Å². The molecule has 0 aliphatic heterocycles. The zero-order chi connectivity index (χ0) is 22.2. The molecule has 1 aromatic heterocycles. The SMILES string of the molecule is O=C(CCn1cnc2ccccc2c1=O)NCc1cccc(COCc2ccccc2)c1. The number of benzene rings is 3. The molecule has 0 radical (unpaired) electrons. The van der Waals surface area contributed by atoms with E-state index in [1.807, 2.05) is 66.7 Å². The molecule has 0 saturated carbocycles. The average Bonchev–Trinajstić information content (AvgIpc) is 2.83. The number of nitrogens with one attached hydrogen (secondary N) is 1. The van der Waals surface area contributed by atoms with Gasteiger partial charge >= 0.3 is 0 Å². The van der Waals surface area contributed by atoms with Crippen LogP contribution >= 0.6 is 0 Å². The second-order valence-corrected chi connectivity index (χ2v) is 7.59. The van der Waals surface area contributed by atoms with Crippen LogP contribution in [0.3, 0.4) is 0 Å². The number of amides is 1. The number of carbonyl (C=O) groups excluding carboxylic acids is 1. The third-order valence-corrected chi connectivity index (χ3v) is 5.17. The lowest BCUT2D eigenvalue weighted by Gasteiger charge is -2.09. The molecule has 1 N–H and O–H groups in total. The highest BCUT2D eigenvalue weighted by Crippen LogP contribution is 2.09. The van der Waals surface area contributed by atoms with Crippen molar-refractivity contribution in [1.29, 1.82) is 0 Å². The number of aromatic nitrogens is 2. The molecule has 0 atom stereocenters. The minimum atomic E-state index is -0.133. The topological polar surface area (TPSA) is 73.2 Å². The van der Waals surface area contributed by atoms with E-state index in [1.54, 1.807) is 12.1 Å². The lowest BCUT2D eigenvalue weighted by Crippen LogP contribution is -2.27. The maximum atomic E-state index is 12.5. The van der Waals surface area contributed by atoms with E-state index in [1.165, 1.54) is 10.9 Å². The second-order valence-electron chi connectivity index (χ2n) is 7.59. The van der Waals surface area contributed by atoms with Gasteiger partial charge in [0.05, 0.1) is 30.4 Å². The number of hydrogen-bond acceptors (Lipinski definition) is 4. The molecule has 4 rings (SSSR count). The smallest absolute Gasteiger partial charge is 0.261 e. The van der Waals surface area contributed by atoms with Crippen molar-refractivity contribution in [1.82, 2.24) is 14.9 Å². The first-order valence-electron chi connectivity index (χ1n) is 10.6. The summed E-state index contributed by atoms with van der Waals surface area (Å²) >= 11 is 0. The number of nitrogens with zero attached hydrogens (tertiary/aromatic N) is 2. The van der Waals surface area contributed by atoms with E-state index in [-0.39, 0.29) is 24.4 Å². The molecule has 1 heterocycles. The Morgan fingerprint density at radius 2 is 1.59 bits per heavy atom. The highest BCUT2D eigenvalue weighted by molar-refractivity contribution is 5.77. The molecule has 1 amide bonds. The summed E-state index contributed by atoms with van der Waals surface area (Å²) in [6.07, 6.45) is 1.71. The Kier molecular flexibility index (Phi) is 7.05. The van der Waals surface area contributed by atoms with Crippen molar-refractivity contribution in [3.05, 3.63) is 112 Å². The monoisotopic (exact) mass is 427 g/mol. The van der Waals surface area contributed by atoms with Crippen LogP contribution in [0.4, 0.5) is 0 Å². The average molecular weight is 428 g/mol. The van der Waals surface area contributed by atoms with E-state index in [0.717, 1.165) is 16.7 Å². The van der Waals surface area contributed by atoms with Crippen molar-refractivity contribution in [3.8, 4) is 0 Å². The number of para-hydroxylation sites is 1. The molecule has 162 valence electrons. The summed E-state index contributed by atoms with van der Waals surface area (Å²) in [5, 5.41) is 3.48. The Morgan fingerprint density at radius 1 is 0.875 bits per heavy atom. The van der Waals surface area contributed by atoms with Gasteiger partial charge in [-0.05, 0) is 28.8 Å². The van der Waals surface area contributed by atoms with Gasteiger partial charge in [0.1, 0.15) is 0 Å². The fourth-order valence-electron chi connectivity index (χ4n) is 3.47. The number of rotatable bonds is 9. The molecule has 0 bridgehead atoms. The van der Waals surface area contributed by atoms with Crippen molar-refractivity contribution < 1.29 is 9.53 Å². The van der Waals surface area contributed by atoms with Gasteiger partial charge in [0.2, 0.25) is 5.91 Å². The summed E-state index contributed by atoms with van der Waals surface area (Å²) in [5.41, 5.74) is 3.72. The first-order valence-corrected chi connectivity index (χ1v) is 10.6. The Bertz CT molecular complexity index is 1250. The van der Waals surface area contributed by atoms with Crippen LogP contribution in [-0.2, 0) is 35.8 Å². The number of carbonyl (C=O) groups is 1. The molecule has 32 heavy (non-hydrogen) atoms. The summed E-state index contributed by atoms with van der Waals surface area (Å²) in [6.45, 7) is 1.78. The maximum absolute atomic E-state index is 12.5. The molecule has 6 heteroatoms. The molecule has 0 aliphatic carbocycles. The summed E-state index contributed by atoms with van der Waals surface area (Å²) < 4.78 is 7.27. The maximum Gasteiger partial charge on any atom is 0.261 e. The van der Waals surface area contributed by atoms with Crippen LogP contribution in [0.2, 0.25) is 0 Å². The number of fused-ring (bicyclic) bond motifs is 1. The third kappa shape index (κ3) is 5.68. The number of aryl methyl sites for hydroxylation is 1. The van der Waals surface area contributed by atoms with Crippen LogP contribution in [0.15, 0.2) is 90.0 Å². The van der Waals surface area contributed by atoms with Crippen LogP contribution < -0.4 is 10.9 Å². The molecule has 0 fully saturated rings. The number of ether oxygens (including phenoxy) is 1. The van der Waals surface area contributed by atoms with Crippen molar-refractivity contribution >= 4 is 16.8 Å². The molecule has 0 aliphatic rings. The van der Waals surface area contributed by atoms with Crippen molar-refractivity contribution in [3.63, 3.8) is 0 Å². The Morgan fingerprint density at radius 3 is 2.47 bits per heavy atom. The Hall–Kier alpha value is -3.77. The molecule has 0 unspecified atom stereocenters. The largest absolute Gasteiger partial charge is 0.372 e. The van der Waals surface area contributed by atoms with Crippen LogP contribution in [0.25, 0.3) is 10.9 Å². The van der Waals surface area contributed by atoms with Gasteiger partial charge in [0, 0.05) is 19.5 Å². The molecular weight excluding hydrogens is 402 g/mol.